The van der Waals surface area contributed by atoms with Gasteiger partial charge in [-0.25, -0.2) is 9.78 Å². The van der Waals surface area contributed by atoms with E-state index in [2.05, 4.69) is 14.8 Å². The van der Waals surface area contributed by atoms with Crippen molar-refractivity contribution in [2.45, 2.75) is 57.1 Å². The van der Waals surface area contributed by atoms with Crippen LogP contribution in [-0.4, -0.2) is 71.9 Å². The molecule has 1 unspecified atom stereocenters. The van der Waals surface area contributed by atoms with Crippen LogP contribution in [0.5, 0.6) is 0 Å². The molecule has 8 nitrogen and oxygen atoms in total. The van der Waals surface area contributed by atoms with Gasteiger partial charge in [0.1, 0.15) is 12.4 Å². The van der Waals surface area contributed by atoms with Crippen LogP contribution < -0.4 is 9.80 Å². The Morgan fingerprint density at radius 1 is 1.13 bits per heavy atom. The molecule has 4 heterocycles. The van der Waals surface area contributed by atoms with Crippen LogP contribution in [0.15, 0.2) is 12.3 Å². The summed E-state index contributed by atoms with van der Waals surface area (Å²) in [5.41, 5.74) is 0.252. The van der Waals surface area contributed by atoms with Gasteiger partial charge >= 0.3 is 6.09 Å². The summed E-state index contributed by atoms with van der Waals surface area (Å²) in [5, 5.41) is 10.3. The summed E-state index contributed by atoms with van der Waals surface area (Å²) >= 11 is 6.58. The minimum atomic E-state index is -0.380. The molecule has 4 fully saturated rings. The summed E-state index contributed by atoms with van der Waals surface area (Å²) < 4.78 is 5.00. The van der Waals surface area contributed by atoms with Crippen LogP contribution in [0.2, 0.25) is 5.02 Å². The predicted molar refractivity (Wildman–Crippen MR) is 116 cm³/mol. The zero-order valence-electron chi connectivity index (χ0n) is 17.6. The molecule has 31 heavy (non-hydrogen) atoms. The zero-order chi connectivity index (χ0) is 21.6. The van der Waals surface area contributed by atoms with E-state index >= 15 is 0 Å². The van der Waals surface area contributed by atoms with E-state index in [-0.39, 0.29) is 29.6 Å². The number of piperidine rings is 1. The Kier molecular flexibility index (Phi) is 5.46. The second-order valence-electron chi connectivity index (χ2n) is 9.28. The Labute approximate surface area is 187 Å². The largest absolute Gasteiger partial charge is 0.447 e. The first kappa shape index (κ1) is 20.8. The smallest absolute Gasteiger partial charge is 0.414 e. The molecule has 1 aliphatic carbocycles. The first-order chi connectivity index (χ1) is 15.0. The van der Waals surface area contributed by atoms with Gasteiger partial charge in [-0.05, 0) is 51.0 Å². The fraction of sp³-hybridized carbons (Fsp3) is 0.682. The molecule has 1 atom stereocenters. The molecule has 3 aliphatic heterocycles. The molecule has 3 saturated heterocycles. The summed E-state index contributed by atoms with van der Waals surface area (Å²) in [4.78, 5) is 35.6. The normalized spacial score (nSPS) is 31.6. The van der Waals surface area contributed by atoms with Gasteiger partial charge in [-0.2, -0.15) is 0 Å². The van der Waals surface area contributed by atoms with Crippen LogP contribution >= 0.6 is 11.6 Å². The van der Waals surface area contributed by atoms with E-state index in [1.165, 1.54) is 4.90 Å². The molecule has 0 bridgehead atoms. The molecule has 168 valence electrons. The molecule has 4 aliphatic rings. The third-order valence-electron chi connectivity index (χ3n) is 7.41. The maximum Gasteiger partial charge on any atom is 0.414 e. The van der Waals surface area contributed by atoms with E-state index in [9.17, 15) is 14.7 Å². The monoisotopic (exact) mass is 448 g/mol. The molecule has 9 heteroatoms. The molecule has 1 N–H and O–H groups in total. The van der Waals surface area contributed by atoms with E-state index in [4.69, 9.17) is 16.3 Å². The molecule has 1 aromatic heterocycles. The highest BCUT2D eigenvalue weighted by molar-refractivity contribution is 6.33. The number of carbonyl (C=O) groups excluding carboxylic acids is 2. The highest BCUT2D eigenvalue weighted by atomic mass is 35.5. The number of hydrogen-bond donors (Lipinski definition) is 1. The third-order valence-corrected chi connectivity index (χ3v) is 7.69. The van der Waals surface area contributed by atoms with Gasteiger partial charge in [-0.1, -0.05) is 11.6 Å². The van der Waals surface area contributed by atoms with Crippen LogP contribution in [-0.2, 0) is 9.53 Å². The van der Waals surface area contributed by atoms with Gasteiger partial charge in [-0.15, -0.1) is 0 Å². The number of pyridine rings is 1. The van der Waals surface area contributed by atoms with Gasteiger partial charge in [-0.3, -0.25) is 9.69 Å². The first-order valence-corrected chi connectivity index (χ1v) is 11.7. The van der Waals surface area contributed by atoms with Crippen molar-refractivity contribution in [1.82, 2.24) is 9.88 Å². The molecule has 2 amide bonds. The van der Waals surface area contributed by atoms with Crippen LogP contribution in [0.3, 0.4) is 0 Å². The molecule has 1 saturated carbocycles. The molecule has 1 aromatic rings. The van der Waals surface area contributed by atoms with Crippen LogP contribution in [0, 0.1) is 5.41 Å². The number of ether oxygens (including phenoxy) is 1. The lowest BCUT2D eigenvalue weighted by Gasteiger charge is -2.41. The number of amides is 2. The lowest BCUT2D eigenvalue weighted by Crippen LogP contribution is -2.50. The Bertz CT molecular complexity index is 875. The average molecular weight is 449 g/mol. The van der Waals surface area contributed by atoms with Crippen molar-refractivity contribution in [3.05, 3.63) is 17.3 Å². The Balaban J connectivity index is 1.31. The van der Waals surface area contributed by atoms with Crippen molar-refractivity contribution >= 4 is 35.1 Å². The lowest BCUT2D eigenvalue weighted by molar-refractivity contribution is -0.139. The quantitative estimate of drug-likeness (QED) is 0.765. The first-order valence-electron chi connectivity index (χ1n) is 11.3. The van der Waals surface area contributed by atoms with Crippen molar-refractivity contribution in [2.24, 2.45) is 5.41 Å². The average Bonchev–Trinajstić information content (AvgIpc) is 3.33. The molecular weight excluding hydrogens is 420 g/mol. The van der Waals surface area contributed by atoms with Gasteiger partial charge < -0.3 is 19.6 Å². The number of cyclic esters (lactones) is 1. The third kappa shape index (κ3) is 3.74. The van der Waals surface area contributed by atoms with Gasteiger partial charge in [0, 0.05) is 25.7 Å². The minimum Gasteiger partial charge on any atom is -0.447 e. The lowest BCUT2D eigenvalue weighted by atomic mass is 9.78. The number of hydrogen-bond acceptors (Lipinski definition) is 6. The number of anilines is 2. The van der Waals surface area contributed by atoms with Crippen molar-refractivity contribution < 1.29 is 19.4 Å². The van der Waals surface area contributed by atoms with E-state index in [0.717, 1.165) is 58.0 Å². The summed E-state index contributed by atoms with van der Waals surface area (Å²) in [7, 11) is 0. The second kappa shape index (κ2) is 8.13. The molecular formula is C22H29ClN4O4. The highest BCUT2D eigenvalue weighted by Gasteiger charge is 2.51. The standard InChI is InChI=1S/C22H29ClN4O4/c23-18-12-16(27-10-11-31-21(27)30)13-24-19(18)25-8-1-6-22(14-25)7-9-26(20(22)29)15-2-4-17(28)5-3-15/h12-13,15,17,28H,1-11,14H2/t15-,17-,22?. The van der Waals surface area contributed by atoms with Gasteiger partial charge in [0.05, 0.1) is 35.0 Å². The highest BCUT2D eigenvalue weighted by Crippen LogP contribution is 2.44. The fourth-order valence-electron chi connectivity index (χ4n) is 5.69. The zero-order valence-corrected chi connectivity index (χ0v) is 18.4. The maximum atomic E-state index is 13.5. The van der Waals surface area contributed by atoms with Gasteiger partial charge in [0.2, 0.25) is 5.91 Å². The van der Waals surface area contributed by atoms with Crippen LogP contribution in [0.1, 0.15) is 44.9 Å². The van der Waals surface area contributed by atoms with Crippen molar-refractivity contribution in [2.75, 3.05) is 42.6 Å². The maximum absolute atomic E-state index is 13.5. The van der Waals surface area contributed by atoms with E-state index in [0.29, 0.717) is 36.2 Å². The summed E-state index contributed by atoms with van der Waals surface area (Å²) in [6, 6.07) is 2.01. The number of carbonyl (C=O) groups is 2. The van der Waals surface area contributed by atoms with E-state index < -0.39 is 0 Å². The fourth-order valence-corrected chi connectivity index (χ4v) is 5.97. The minimum absolute atomic E-state index is 0.216. The van der Waals surface area contributed by atoms with E-state index in [1.807, 2.05) is 0 Å². The van der Waals surface area contributed by atoms with Gasteiger partial charge in [0.15, 0.2) is 0 Å². The van der Waals surface area contributed by atoms with Crippen molar-refractivity contribution in [3.8, 4) is 0 Å². The molecule has 1 spiro atoms. The second-order valence-corrected chi connectivity index (χ2v) is 9.69. The Morgan fingerprint density at radius 3 is 2.65 bits per heavy atom. The number of likely N-dealkylation sites (tertiary alicyclic amines) is 1. The number of aromatic nitrogens is 1. The van der Waals surface area contributed by atoms with Crippen molar-refractivity contribution in [1.29, 1.82) is 0 Å². The van der Waals surface area contributed by atoms with Crippen LogP contribution in [0.25, 0.3) is 0 Å². The summed E-state index contributed by atoms with van der Waals surface area (Å²) in [6.07, 6.45) is 7.07. The number of rotatable bonds is 3. The molecule has 5 rings (SSSR count). The topological polar surface area (TPSA) is 86.2 Å². The van der Waals surface area contributed by atoms with Gasteiger partial charge in [0.25, 0.3) is 0 Å². The number of halogens is 1. The summed E-state index contributed by atoms with van der Waals surface area (Å²) in [6.45, 7) is 3.08. The summed E-state index contributed by atoms with van der Waals surface area (Å²) in [5.74, 6) is 0.926. The van der Waals surface area contributed by atoms with Crippen molar-refractivity contribution in [3.63, 3.8) is 0 Å². The molecule has 0 aromatic carbocycles. The van der Waals surface area contributed by atoms with Crippen LogP contribution in [0.4, 0.5) is 16.3 Å². The number of aliphatic hydroxyl groups is 1. The predicted octanol–water partition coefficient (Wildman–Crippen LogP) is 2.81. The SMILES string of the molecule is O=C1OCCN1c1cnc(N2CCCC3(CCN([C@H]4CC[C@H](O)CC4)C3=O)C2)c(Cl)c1. The number of nitrogens with zero attached hydrogens (tertiary/aromatic N) is 4. The Hall–Kier alpha value is -2.06. The van der Waals surface area contributed by atoms with E-state index in [1.54, 1.807) is 12.3 Å². The Morgan fingerprint density at radius 2 is 1.94 bits per heavy atom. The molecule has 0 radical (unpaired) electrons. The number of aliphatic hydroxyl groups excluding tert-OH is 1.